The summed E-state index contributed by atoms with van der Waals surface area (Å²) in [4.78, 5) is 0. The zero-order valence-electron chi connectivity index (χ0n) is 10.0. The van der Waals surface area contributed by atoms with Crippen LogP contribution in [0.1, 0.15) is 45.4 Å². The van der Waals surface area contributed by atoms with Crippen molar-refractivity contribution < 1.29 is 9.84 Å². The molecule has 2 fully saturated rings. The highest BCUT2D eigenvalue weighted by Crippen LogP contribution is 2.50. The topological polar surface area (TPSA) is 53.2 Å². The molecule has 0 bridgehead atoms. The Morgan fingerprint density at radius 3 is 2.56 bits per heavy atom. The van der Waals surface area contributed by atoms with Crippen LogP contribution >= 0.6 is 0 Å². The van der Waals surface area contributed by atoms with Gasteiger partial charge in [0.1, 0.15) is 0 Å². The molecule has 90 valence electrons. The monoisotopic (exact) mass is 223 g/mol. The van der Waals surface area contributed by atoms with Crippen LogP contribution in [0, 0.1) is 22.7 Å². The van der Waals surface area contributed by atoms with E-state index in [0.717, 1.165) is 19.3 Å². The zero-order chi connectivity index (χ0) is 11.6. The van der Waals surface area contributed by atoms with Crippen molar-refractivity contribution in [2.24, 2.45) is 11.3 Å². The zero-order valence-corrected chi connectivity index (χ0v) is 10.0. The average molecular weight is 223 g/mol. The van der Waals surface area contributed by atoms with Crippen molar-refractivity contribution in [3.63, 3.8) is 0 Å². The Labute approximate surface area is 97.4 Å². The molecule has 16 heavy (non-hydrogen) atoms. The van der Waals surface area contributed by atoms with Crippen LogP contribution in [0.2, 0.25) is 0 Å². The molecule has 3 nitrogen and oxygen atoms in total. The maximum absolute atomic E-state index is 10.8. The molecule has 1 saturated carbocycles. The van der Waals surface area contributed by atoms with Crippen molar-refractivity contribution in [1.82, 2.24) is 0 Å². The fourth-order valence-corrected chi connectivity index (χ4v) is 3.37. The molecule has 2 unspecified atom stereocenters. The second-order valence-electron chi connectivity index (χ2n) is 5.54. The minimum atomic E-state index is -0.811. The van der Waals surface area contributed by atoms with E-state index in [2.05, 4.69) is 13.0 Å². The minimum absolute atomic E-state index is 0.519. The Hall–Kier alpha value is -0.590. The molecule has 2 aliphatic rings. The van der Waals surface area contributed by atoms with E-state index in [1.165, 1.54) is 6.42 Å². The third-order valence-corrected chi connectivity index (χ3v) is 4.42. The molecule has 1 aliphatic carbocycles. The van der Waals surface area contributed by atoms with Gasteiger partial charge < -0.3 is 9.84 Å². The first-order valence-electron chi connectivity index (χ1n) is 6.33. The van der Waals surface area contributed by atoms with Crippen LogP contribution in [0.15, 0.2) is 0 Å². The second kappa shape index (κ2) is 4.35. The summed E-state index contributed by atoms with van der Waals surface area (Å²) in [6.07, 6.45) is 5.19. The minimum Gasteiger partial charge on any atom is -0.388 e. The molecule has 3 heteroatoms. The van der Waals surface area contributed by atoms with Gasteiger partial charge in [-0.3, -0.25) is 0 Å². The molecule has 1 aliphatic heterocycles. The van der Waals surface area contributed by atoms with Crippen molar-refractivity contribution in [1.29, 1.82) is 5.26 Å². The van der Waals surface area contributed by atoms with Gasteiger partial charge in [0, 0.05) is 26.1 Å². The Morgan fingerprint density at radius 1 is 1.31 bits per heavy atom. The van der Waals surface area contributed by atoms with E-state index in [-0.39, 0.29) is 0 Å². The summed E-state index contributed by atoms with van der Waals surface area (Å²) in [6, 6.07) is 2.45. The summed E-state index contributed by atoms with van der Waals surface area (Å²) < 4.78 is 5.30. The van der Waals surface area contributed by atoms with Crippen molar-refractivity contribution in [2.75, 3.05) is 13.2 Å². The number of ether oxygens (including phenoxy) is 1. The number of hydrogen-bond acceptors (Lipinski definition) is 3. The van der Waals surface area contributed by atoms with Crippen molar-refractivity contribution in [2.45, 2.75) is 51.0 Å². The first-order chi connectivity index (χ1) is 7.62. The Morgan fingerprint density at radius 2 is 2.00 bits per heavy atom. The van der Waals surface area contributed by atoms with Crippen LogP contribution in [0.25, 0.3) is 0 Å². The van der Waals surface area contributed by atoms with Crippen molar-refractivity contribution >= 4 is 0 Å². The number of hydrogen-bond donors (Lipinski definition) is 1. The van der Waals surface area contributed by atoms with Crippen LogP contribution < -0.4 is 0 Å². The summed E-state index contributed by atoms with van der Waals surface area (Å²) in [5, 5.41) is 20.3. The Kier molecular flexibility index (Phi) is 3.23. The van der Waals surface area contributed by atoms with Crippen LogP contribution in [0.5, 0.6) is 0 Å². The van der Waals surface area contributed by atoms with Gasteiger partial charge >= 0.3 is 0 Å². The molecule has 1 saturated heterocycles. The Bertz CT molecular complexity index is 291. The van der Waals surface area contributed by atoms with Gasteiger partial charge in [-0.25, -0.2) is 0 Å². The third kappa shape index (κ3) is 1.85. The smallest absolute Gasteiger partial charge is 0.0877 e. The average Bonchev–Trinajstić information content (AvgIpc) is 2.29. The predicted molar refractivity (Wildman–Crippen MR) is 60.7 cm³/mol. The lowest BCUT2D eigenvalue weighted by Gasteiger charge is -2.48. The summed E-state index contributed by atoms with van der Waals surface area (Å²) in [5.74, 6) is 0.556. The van der Waals surface area contributed by atoms with Crippen LogP contribution in [-0.2, 0) is 4.74 Å². The summed E-state index contributed by atoms with van der Waals surface area (Å²) >= 11 is 0. The van der Waals surface area contributed by atoms with Gasteiger partial charge in [0.2, 0.25) is 0 Å². The largest absolute Gasteiger partial charge is 0.388 e. The first kappa shape index (κ1) is 11.9. The van der Waals surface area contributed by atoms with Gasteiger partial charge in [0.05, 0.1) is 17.1 Å². The summed E-state index contributed by atoms with van der Waals surface area (Å²) in [6.45, 7) is 3.37. The molecule has 1 N–H and O–H groups in total. The molecular formula is C13H21NO2. The molecule has 0 spiro atoms. The highest BCUT2D eigenvalue weighted by Gasteiger charge is 2.52. The lowest BCUT2D eigenvalue weighted by Crippen LogP contribution is -2.53. The highest BCUT2D eigenvalue weighted by molar-refractivity contribution is 5.13. The SMILES string of the molecule is CC1CCCC(C#N)(C2(O)CCOCC2)C1. The molecule has 1 heterocycles. The predicted octanol–water partition coefficient (Wildman–Crippen LogP) is 2.25. The number of aliphatic hydroxyl groups is 1. The van der Waals surface area contributed by atoms with Crippen LogP contribution in [0.4, 0.5) is 0 Å². The lowest BCUT2D eigenvalue weighted by molar-refractivity contribution is -0.139. The summed E-state index contributed by atoms with van der Waals surface area (Å²) in [5.41, 5.74) is -1.33. The molecule has 0 amide bonds. The van der Waals surface area contributed by atoms with E-state index in [4.69, 9.17) is 4.74 Å². The second-order valence-corrected chi connectivity index (χ2v) is 5.54. The summed E-state index contributed by atoms with van der Waals surface area (Å²) in [7, 11) is 0. The molecular weight excluding hydrogens is 202 g/mol. The molecule has 0 aromatic carbocycles. The van der Waals surface area contributed by atoms with Gasteiger partial charge in [-0.2, -0.15) is 5.26 Å². The molecule has 2 rings (SSSR count). The highest BCUT2D eigenvalue weighted by atomic mass is 16.5. The van der Waals surface area contributed by atoms with Gasteiger partial charge in [0.15, 0.2) is 0 Å². The molecule has 0 aromatic heterocycles. The number of nitrogens with zero attached hydrogens (tertiary/aromatic N) is 1. The van der Waals surface area contributed by atoms with Gasteiger partial charge in [-0.05, 0) is 18.8 Å². The normalized spacial score (nSPS) is 38.9. The van der Waals surface area contributed by atoms with E-state index in [1.54, 1.807) is 0 Å². The fraction of sp³-hybridized carbons (Fsp3) is 0.923. The van der Waals surface area contributed by atoms with E-state index < -0.39 is 11.0 Å². The molecule has 0 aromatic rings. The van der Waals surface area contributed by atoms with Gasteiger partial charge in [-0.1, -0.05) is 19.8 Å². The lowest BCUT2D eigenvalue weighted by atomic mass is 9.59. The maximum atomic E-state index is 10.8. The van der Waals surface area contributed by atoms with E-state index in [9.17, 15) is 10.4 Å². The van der Waals surface area contributed by atoms with E-state index >= 15 is 0 Å². The van der Waals surface area contributed by atoms with Crippen LogP contribution in [-0.4, -0.2) is 23.9 Å². The van der Waals surface area contributed by atoms with Crippen molar-refractivity contribution in [3.8, 4) is 6.07 Å². The van der Waals surface area contributed by atoms with Crippen LogP contribution in [0.3, 0.4) is 0 Å². The van der Waals surface area contributed by atoms with E-state index in [1.807, 2.05) is 0 Å². The molecule has 0 radical (unpaired) electrons. The van der Waals surface area contributed by atoms with Gasteiger partial charge in [0.25, 0.3) is 0 Å². The first-order valence-corrected chi connectivity index (χ1v) is 6.33. The van der Waals surface area contributed by atoms with Crippen molar-refractivity contribution in [3.05, 3.63) is 0 Å². The fourth-order valence-electron chi connectivity index (χ4n) is 3.37. The number of rotatable bonds is 1. The van der Waals surface area contributed by atoms with Gasteiger partial charge in [-0.15, -0.1) is 0 Å². The molecule has 2 atom stereocenters. The maximum Gasteiger partial charge on any atom is 0.0877 e. The standard InChI is InChI=1S/C13H21NO2/c1-11-3-2-4-12(9-11,10-14)13(15)5-7-16-8-6-13/h11,15H,2-9H2,1H3. The van der Waals surface area contributed by atoms with E-state index in [0.29, 0.717) is 32.0 Å². The third-order valence-electron chi connectivity index (χ3n) is 4.42. The quantitative estimate of drug-likeness (QED) is 0.741. The number of nitriles is 1. The Balaban J connectivity index is 2.22.